The molecule has 0 amide bonds. The lowest BCUT2D eigenvalue weighted by molar-refractivity contribution is 0.338. The van der Waals surface area contributed by atoms with Gasteiger partial charge in [-0.2, -0.15) is 0 Å². The summed E-state index contributed by atoms with van der Waals surface area (Å²) in [4.78, 5) is 0. The first kappa shape index (κ1) is 8.83. The Morgan fingerprint density at radius 3 is 2.55 bits per heavy atom. The van der Waals surface area contributed by atoms with Gasteiger partial charge in [0.15, 0.2) is 0 Å². The third kappa shape index (κ3) is 2.36. The lowest BCUT2D eigenvalue weighted by Crippen LogP contribution is -2.12. The van der Waals surface area contributed by atoms with Crippen molar-refractivity contribution < 1.29 is 0 Å². The van der Waals surface area contributed by atoms with E-state index in [1.807, 2.05) is 0 Å². The zero-order valence-corrected chi connectivity index (χ0v) is 7.84. The highest BCUT2D eigenvalue weighted by molar-refractivity contribution is 4.95. The van der Waals surface area contributed by atoms with E-state index in [2.05, 4.69) is 26.0 Å². The maximum atomic E-state index is 2.45. The van der Waals surface area contributed by atoms with Gasteiger partial charge in [-0.05, 0) is 31.1 Å². The second-order valence-electron chi connectivity index (χ2n) is 3.60. The summed E-state index contributed by atoms with van der Waals surface area (Å²) in [6, 6.07) is 0. The molecule has 0 fully saturated rings. The molecule has 0 aromatic rings. The summed E-state index contributed by atoms with van der Waals surface area (Å²) in [5, 5.41) is 0. The molecule has 0 bridgehead atoms. The van der Waals surface area contributed by atoms with Crippen LogP contribution in [-0.2, 0) is 0 Å². The lowest BCUT2D eigenvalue weighted by Gasteiger charge is -2.24. The zero-order valence-electron chi connectivity index (χ0n) is 7.84. The molecule has 0 N–H and O–H groups in total. The maximum absolute atomic E-state index is 2.45. The van der Waals surface area contributed by atoms with Gasteiger partial charge in [-0.15, -0.1) is 0 Å². The van der Waals surface area contributed by atoms with E-state index >= 15 is 0 Å². The molecule has 0 aromatic carbocycles. The molecule has 0 saturated carbocycles. The summed E-state index contributed by atoms with van der Waals surface area (Å²) in [5.74, 6) is 1.85. The Morgan fingerprint density at radius 1 is 1.36 bits per heavy atom. The average Bonchev–Trinajstić information content (AvgIpc) is 2.09. The van der Waals surface area contributed by atoms with Crippen LogP contribution in [0.25, 0.3) is 0 Å². The molecule has 0 saturated heterocycles. The average molecular weight is 152 g/mol. The summed E-state index contributed by atoms with van der Waals surface area (Å²) in [7, 11) is 0. The molecule has 0 radical (unpaired) electrons. The monoisotopic (exact) mass is 152 g/mol. The van der Waals surface area contributed by atoms with Gasteiger partial charge in [0, 0.05) is 0 Å². The van der Waals surface area contributed by atoms with Crippen molar-refractivity contribution in [1.82, 2.24) is 0 Å². The van der Waals surface area contributed by atoms with Gasteiger partial charge in [0.25, 0.3) is 0 Å². The summed E-state index contributed by atoms with van der Waals surface area (Å²) >= 11 is 0. The number of allylic oxidation sites excluding steroid dienone is 2. The van der Waals surface area contributed by atoms with E-state index in [1.165, 1.54) is 32.1 Å². The highest BCUT2D eigenvalue weighted by Crippen LogP contribution is 2.28. The van der Waals surface area contributed by atoms with Crippen LogP contribution in [0, 0.1) is 11.8 Å². The Balaban J connectivity index is 2.42. The van der Waals surface area contributed by atoms with Crippen molar-refractivity contribution in [2.24, 2.45) is 11.8 Å². The Labute approximate surface area is 70.7 Å². The number of rotatable bonds is 3. The van der Waals surface area contributed by atoms with Crippen molar-refractivity contribution in [1.29, 1.82) is 0 Å². The molecule has 0 spiro atoms. The Hall–Kier alpha value is -0.260. The SMILES string of the molecule is CCC(CC)C1C=CCCC1. The molecule has 1 aliphatic carbocycles. The smallest absolute Gasteiger partial charge is 0.0205 e. The first-order valence-electron chi connectivity index (χ1n) is 5.05. The normalized spacial score (nSPS) is 24.5. The van der Waals surface area contributed by atoms with Gasteiger partial charge >= 0.3 is 0 Å². The molecule has 0 heteroatoms. The third-order valence-corrected chi connectivity index (χ3v) is 2.95. The van der Waals surface area contributed by atoms with E-state index in [-0.39, 0.29) is 0 Å². The van der Waals surface area contributed by atoms with Gasteiger partial charge in [0.2, 0.25) is 0 Å². The van der Waals surface area contributed by atoms with Crippen molar-refractivity contribution in [3.63, 3.8) is 0 Å². The first-order valence-corrected chi connectivity index (χ1v) is 5.05. The Kier molecular flexibility index (Phi) is 3.68. The fourth-order valence-electron chi connectivity index (χ4n) is 2.13. The highest BCUT2D eigenvalue weighted by Gasteiger charge is 2.16. The van der Waals surface area contributed by atoms with E-state index in [9.17, 15) is 0 Å². The fraction of sp³-hybridized carbons (Fsp3) is 0.818. The largest absolute Gasteiger partial charge is 0.0882 e. The summed E-state index contributed by atoms with van der Waals surface area (Å²) in [5.41, 5.74) is 0. The minimum absolute atomic E-state index is 0.902. The van der Waals surface area contributed by atoms with Crippen molar-refractivity contribution in [2.75, 3.05) is 0 Å². The molecule has 11 heavy (non-hydrogen) atoms. The Bertz CT molecular complexity index is 120. The molecule has 0 nitrogen and oxygen atoms in total. The molecular formula is C11H20. The standard InChI is InChI=1S/C11H20/c1-3-10(4-2)11-8-6-5-7-9-11/h6,8,10-11H,3-5,7,9H2,1-2H3. The van der Waals surface area contributed by atoms with Gasteiger partial charge in [-0.1, -0.05) is 38.8 Å². The van der Waals surface area contributed by atoms with Gasteiger partial charge in [0.1, 0.15) is 0 Å². The van der Waals surface area contributed by atoms with Gasteiger partial charge in [-0.3, -0.25) is 0 Å². The van der Waals surface area contributed by atoms with E-state index in [0.717, 1.165) is 11.8 Å². The van der Waals surface area contributed by atoms with E-state index in [0.29, 0.717) is 0 Å². The molecule has 1 unspecified atom stereocenters. The number of hydrogen-bond donors (Lipinski definition) is 0. The van der Waals surface area contributed by atoms with Crippen LogP contribution in [0.15, 0.2) is 12.2 Å². The van der Waals surface area contributed by atoms with Crippen LogP contribution in [0.3, 0.4) is 0 Å². The minimum Gasteiger partial charge on any atom is -0.0882 e. The van der Waals surface area contributed by atoms with Gasteiger partial charge < -0.3 is 0 Å². The Morgan fingerprint density at radius 2 is 2.09 bits per heavy atom. The van der Waals surface area contributed by atoms with Crippen LogP contribution in [-0.4, -0.2) is 0 Å². The van der Waals surface area contributed by atoms with E-state index in [1.54, 1.807) is 0 Å². The molecule has 64 valence electrons. The highest BCUT2D eigenvalue weighted by atomic mass is 14.2. The second-order valence-corrected chi connectivity index (χ2v) is 3.60. The predicted octanol–water partition coefficient (Wildman–Crippen LogP) is 3.78. The summed E-state index contributed by atoms with van der Waals surface area (Å²) < 4.78 is 0. The van der Waals surface area contributed by atoms with Crippen molar-refractivity contribution in [3.05, 3.63) is 12.2 Å². The van der Waals surface area contributed by atoms with Crippen molar-refractivity contribution in [2.45, 2.75) is 46.0 Å². The second kappa shape index (κ2) is 4.58. The van der Waals surface area contributed by atoms with E-state index in [4.69, 9.17) is 0 Å². The fourth-order valence-corrected chi connectivity index (χ4v) is 2.13. The van der Waals surface area contributed by atoms with Crippen LogP contribution in [0.4, 0.5) is 0 Å². The molecule has 0 aromatic heterocycles. The zero-order chi connectivity index (χ0) is 8.10. The molecular weight excluding hydrogens is 132 g/mol. The maximum Gasteiger partial charge on any atom is -0.0205 e. The van der Waals surface area contributed by atoms with Gasteiger partial charge in [0.05, 0.1) is 0 Å². The minimum atomic E-state index is 0.902. The van der Waals surface area contributed by atoms with Crippen LogP contribution in [0.2, 0.25) is 0 Å². The topological polar surface area (TPSA) is 0 Å². The lowest BCUT2D eigenvalue weighted by atomic mass is 9.82. The first-order chi connectivity index (χ1) is 5.38. The third-order valence-electron chi connectivity index (χ3n) is 2.95. The van der Waals surface area contributed by atoms with Crippen molar-refractivity contribution >= 4 is 0 Å². The van der Waals surface area contributed by atoms with Crippen LogP contribution in [0.1, 0.15) is 46.0 Å². The predicted molar refractivity (Wildman–Crippen MR) is 50.6 cm³/mol. The molecule has 0 aliphatic heterocycles. The molecule has 1 rings (SSSR count). The summed E-state index contributed by atoms with van der Waals surface area (Å²) in [6.45, 7) is 4.63. The quantitative estimate of drug-likeness (QED) is 0.540. The van der Waals surface area contributed by atoms with Gasteiger partial charge in [-0.25, -0.2) is 0 Å². The molecule has 1 aliphatic rings. The van der Waals surface area contributed by atoms with E-state index < -0.39 is 0 Å². The van der Waals surface area contributed by atoms with Crippen LogP contribution >= 0.6 is 0 Å². The van der Waals surface area contributed by atoms with Crippen LogP contribution in [0.5, 0.6) is 0 Å². The summed E-state index contributed by atoms with van der Waals surface area (Å²) in [6.07, 6.45) is 11.7. The number of hydrogen-bond acceptors (Lipinski definition) is 0. The van der Waals surface area contributed by atoms with Crippen LogP contribution < -0.4 is 0 Å². The molecule has 0 heterocycles. The molecule has 1 atom stereocenters. The van der Waals surface area contributed by atoms with Crippen molar-refractivity contribution in [3.8, 4) is 0 Å².